The Balaban J connectivity index is 2.38. The Morgan fingerprint density at radius 2 is 2.33 bits per heavy atom. The molecule has 0 saturated carbocycles. The summed E-state index contributed by atoms with van der Waals surface area (Å²) in [4.78, 5) is 0. The quantitative estimate of drug-likeness (QED) is 0.557. The molecule has 1 rings (SSSR count). The normalized spacial score (nSPS) is 33.0. The highest BCUT2D eigenvalue weighted by atomic mass is 32.1. The van der Waals surface area contributed by atoms with Gasteiger partial charge in [0.1, 0.15) is 0 Å². The molecule has 53 valence electrons. The van der Waals surface area contributed by atoms with Gasteiger partial charge in [0, 0.05) is 5.75 Å². The van der Waals surface area contributed by atoms with E-state index in [1.807, 2.05) is 13.8 Å². The van der Waals surface area contributed by atoms with E-state index >= 15 is 0 Å². The van der Waals surface area contributed by atoms with Gasteiger partial charge in [0.2, 0.25) is 0 Å². The number of rotatable bonds is 1. The van der Waals surface area contributed by atoms with E-state index < -0.39 is 5.79 Å². The highest BCUT2D eigenvalue weighted by Crippen LogP contribution is 2.22. The number of hydrogen-bond donors (Lipinski definition) is 0. The fraction of sp³-hybridized carbons (Fsp3) is 1.00. The summed E-state index contributed by atoms with van der Waals surface area (Å²) in [5, 5.41) is 0. The SMILES string of the molecule is CC1(C)OCC(C[S])O1. The molecule has 1 fully saturated rings. The van der Waals surface area contributed by atoms with Crippen LogP contribution in [0.2, 0.25) is 0 Å². The van der Waals surface area contributed by atoms with E-state index in [0.717, 1.165) is 0 Å². The Hall–Kier alpha value is 0.270. The van der Waals surface area contributed by atoms with E-state index in [0.29, 0.717) is 12.4 Å². The maximum Gasteiger partial charge on any atom is 0.163 e. The third-order valence-electron chi connectivity index (χ3n) is 1.25. The standard InChI is InChI=1S/C6H11O2S/c1-6(2)7-3-5(4-9)8-6/h5H,3-4H2,1-2H3. The van der Waals surface area contributed by atoms with E-state index in [2.05, 4.69) is 0 Å². The van der Waals surface area contributed by atoms with Gasteiger partial charge in [-0.3, -0.25) is 0 Å². The smallest absolute Gasteiger partial charge is 0.163 e. The van der Waals surface area contributed by atoms with Crippen molar-refractivity contribution in [2.24, 2.45) is 0 Å². The van der Waals surface area contributed by atoms with E-state index in [-0.39, 0.29) is 6.10 Å². The van der Waals surface area contributed by atoms with Crippen LogP contribution in [0, 0.1) is 0 Å². The summed E-state index contributed by atoms with van der Waals surface area (Å²) in [6.07, 6.45) is 0.134. The van der Waals surface area contributed by atoms with Gasteiger partial charge in [-0.2, -0.15) is 0 Å². The Bertz CT molecular complexity index is 103. The molecule has 0 bridgehead atoms. The second-order valence-electron chi connectivity index (χ2n) is 2.62. The largest absolute Gasteiger partial charge is 0.348 e. The van der Waals surface area contributed by atoms with Crippen LogP contribution in [0.4, 0.5) is 0 Å². The molecule has 0 aromatic rings. The Kier molecular flexibility index (Phi) is 2.03. The molecular formula is C6H11O2S. The van der Waals surface area contributed by atoms with E-state index in [4.69, 9.17) is 22.1 Å². The molecule has 0 aromatic carbocycles. The Labute approximate surface area is 60.9 Å². The molecule has 1 saturated heterocycles. The first-order valence-corrected chi connectivity index (χ1v) is 3.62. The molecule has 0 N–H and O–H groups in total. The first-order chi connectivity index (χ1) is 4.14. The molecule has 3 heteroatoms. The predicted molar refractivity (Wildman–Crippen MR) is 37.4 cm³/mol. The molecule has 1 atom stereocenters. The Morgan fingerprint density at radius 1 is 1.67 bits per heavy atom. The topological polar surface area (TPSA) is 18.5 Å². The highest BCUT2D eigenvalue weighted by molar-refractivity contribution is 7.80. The van der Waals surface area contributed by atoms with Crippen LogP contribution >= 0.6 is 12.6 Å². The summed E-state index contributed by atoms with van der Waals surface area (Å²) in [6.45, 7) is 4.45. The van der Waals surface area contributed by atoms with Crippen LogP contribution in [-0.2, 0) is 9.47 Å². The summed E-state index contributed by atoms with van der Waals surface area (Å²) in [5.74, 6) is 0.229. The fourth-order valence-electron chi connectivity index (χ4n) is 0.845. The zero-order valence-electron chi connectivity index (χ0n) is 5.72. The summed E-state index contributed by atoms with van der Waals surface area (Å²) in [7, 11) is 0. The Morgan fingerprint density at radius 3 is 2.56 bits per heavy atom. The minimum absolute atomic E-state index is 0.134. The van der Waals surface area contributed by atoms with Crippen molar-refractivity contribution in [1.29, 1.82) is 0 Å². The summed E-state index contributed by atoms with van der Waals surface area (Å²) >= 11 is 4.81. The van der Waals surface area contributed by atoms with Crippen molar-refractivity contribution in [2.75, 3.05) is 12.4 Å². The van der Waals surface area contributed by atoms with Crippen LogP contribution in [0.25, 0.3) is 0 Å². The van der Waals surface area contributed by atoms with Crippen LogP contribution in [0.15, 0.2) is 0 Å². The van der Waals surface area contributed by atoms with Crippen molar-refractivity contribution in [3.63, 3.8) is 0 Å². The van der Waals surface area contributed by atoms with Crippen molar-refractivity contribution in [2.45, 2.75) is 25.7 Å². The average Bonchev–Trinajstić information content (AvgIpc) is 2.10. The van der Waals surface area contributed by atoms with Gasteiger partial charge in [0.05, 0.1) is 12.7 Å². The predicted octanol–water partition coefficient (Wildman–Crippen LogP) is 1.34. The zero-order valence-corrected chi connectivity index (χ0v) is 6.53. The van der Waals surface area contributed by atoms with Crippen LogP contribution in [0.3, 0.4) is 0 Å². The third-order valence-corrected chi connectivity index (χ3v) is 1.62. The zero-order chi connectivity index (χ0) is 6.91. The molecule has 1 heterocycles. The van der Waals surface area contributed by atoms with E-state index in [1.165, 1.54) is 0 Å². The molecular weight excluding hydrogens is 136 g/mol. The van der Waals surface area contributed by atoms with Gasteiger partial charge in [-0.15, -0.1) is 0 Å². The lowest BCUT2D eigenvalue weighted by Gasteiger charge is -2.15. The molecule has 0 aromatic heterocycles. The van der Waals surface area contributed by atoms with Gasteiger partial charge in [-0.05, 0) is 13.8 Å². The molecule has 1 radical (unpaired) electrons. The summed E-state index contributed by atoms with van der Waals surface area (Å²) in [5.41, 5.74) is 0. The van der Waals surface area contributed by atoms with Gasteiger partial charge in [-0.1, -0.05) is 12.6 Å². The van der Waals surface area contributed by atoms with Gasteiger partial charge in [0.15, 0.2) is 5.79 Å². The minimum Gasteiger partial charge on any atom is -0.348 e. The first-order valence-electron chi connectivity index (χ1n) is 3.04. The van der Waals surface area contributed by atoms with Crippen LogP contribution in [-0.4, -0.2) is 24.3 Å². The van der Waals surface area contributed by atoms with Crippen LogP contribution < -0.4 is 0 Å². The van der Waals surface area contributed by atoms with Crippen molar-refractivity contribution >= 4 is 12.6 Å². The molecule has 1 unspecified atom stereocenters. The van der Waals surface area contributed by atoms with Crippen molar-refractivity contribution in [3.8, 4) is 0 Å². The third kappa shape index (κ3) is 1.85. The lowest BCUT2D eigenvalue weighted by molar-refractivity contribution is -0.135. The molecule has 2 nitrogen and oxygen atoms in total. The molecule has 1 aliphatic heterocycles. The lowest BCUT2D eigenvalue weighted by Crippen LogP contribution is -2.21. The maximum absolute atomic E-state index is 5.37. The second kappa shape index (κ2) is 2.48. The molecule has 1 aliphatic rings. The van der Waals surface area contributed by atoms with Crippen molar-refractivity contribution in [1.82, 2.24) is 0 Å². The minimum atomic E-state index is -0.399. The fourth-order valence-corrected chi connectivity index (χ4v) is 1.01. The van der Waals surface area contributed by atoms with Gasteiger partial charge >= 0.3 is 0 Å². The lowest BCUT2D eigenvalue weighted by atomic mass is 10.4. The van der Waals surface area contributed by atoms with Crippen molar-refractivity contribution in [3.05, 3.63) is 0 Å². The molecule has 0 spiro atoms. The van der Waals surface area contributed by atoms with E-state index in [1.54, 1.807) is 0 Å². The van der Waals surface area contributed by atoms with Gasteiger partial charge in [-0.25, -0.2) is 0 Å². The van der Waals surface area contributed by atoms with E-state index in [9.17, 15) is 0 Å². The second-order valence-corrected chi connectivity index (χ2v) is 2.95. The number of ether oxygens (including phenoxy) is 2. The molecule has 0 aliphatic carbocycles. The maximum atomic E-state index is 5.37. The van der Waals surface area contributed by atoms with Crippen LogP contribution in [0.5, 0.6) is 0 Å². The average molecular weight is 147 g/mol. The van der Waals surface area contributed by atoms with Crippen molar-refractivity contribution < 1.29 is 9.47 Å². The summed E-state index contributed by atoms with van der Waals surface area (Å²) in [6, 6.07) is 0. The highest BCUT2D eigenvalue weighted by Gasteiger charge is 2.31. The van der Waals surface area contributed by atoms with Crippen LogP contribution in [0.1, 0.15) is 13.8 Å². The van der Waals surface area contributed by atoms with Gasteiger partial charge < -0.3 is 9.47 Å². The summed E-state index contributed by atoms with van der Waals surface area (Å²) < 4.78 is 10.6. The van der Waals surface area contributed by atoms with Gasteiger partial charge in [0.25, 0.3) is 0 Å². The molecule has 0 amide bonds. The first kappa shape index (κ1) is 7.38. The monoisotopic (exact) mass is 147 g/mol. The number of hydrogen-bond acceptors (Lipinski definition) is 2. The molecule has 9 heavy (non-hydrogen) atoms.